The molecule has 0 bridgehead atoms. The largest absolute Gasteiger partial charge is 0.377 e. The van der Waals surface area contributed by atoms with E-state index >= 15 is 0 Å². The Labute approximate surface area is 200 Å². The van der Waals surface area contributed by atoms with Crippen molar-refractivity contribution in [1.29, 1.82) is 0 Å². The first-order valence-corrected chi connectivity index (χ1v) is 13.2. The van der Waals surface area contributed by atoms with E-state index in [-0.39, 0.29) is 35.9 Å². The third kappa shape index (κ3) is 5.59. The molecule has 0 radical (unpaired) electrons. The van der Waals surface area contributed by atoms with Crippen molar-refractivity contribution in [3.8, 4) is 0 Å². The van der Waals surface area contributed by atoms with E-state index in [0.29, 0.717) is 12.3 Å². The quantitative estimate of drug-likeness (QED) is 0.576. The number of sulfonamides is 1. The van der Waals surface area contributed by atoms with Crippen LogP contribution < -0.4 is 10.2 Å². The fourth-order valence-corrected chi connectivity index (χ4v) is 5.80. The van der Waals surface area contributed by atoms with E-state index in [1.165, 1.54) is 16.4 Å². The van der Waals surface area contributed by atoms with Gasteiger partial charge in [0.15, 0.2) is 0 Å². The molecule has 184 valence electrons. The van der Waals surface area contributed by atoms with Crippen LogP contribution in [0.1, 0.15) is 37.7 Å². The number of hydrogen-bond donors (Lipinski definition) is 1. The van der Waals surface area contributed by atoms with Crippen LogP contribution in [-0.2, 0) is 26.1 Å². The first-order valence-electron chi connectivity index (χ1n) is 11.7. The number of benzene rings is 2. The summed E-state index contributed by atoms with van der Waals surface area (Å²) in [5.74, 6) is -0.439. The SMILES string of the molecule is CN(C)c1ccc(NC(=O)C2CCC2)cc1CN(C[C@H]1CCCO1)S(=O)(=O)c1ccc(F)cc1. The summed E-state index contributed by atoms with van der Waals surface area (Å²) >= 11 is 0. The number of amides is 1. The molecule has 2 aromatic carbocycles. The molecule has 0 spiro atoms. The number of carbonyl (C=O) groups is 1. The van der Waals surface area contributed by atoms with Gasteiger partial charge in [0.1, 0.15) is 5.82 Å². The average molecular weight is 490 g/mol. The van der Waals surface area contributed by atoms with Gasteiger partial charge in [-0.1, -0.05) is 6.42 Å². The Morgan fingerprint density at radius 1 is 1.09 bits per heavy atom. The highest BCUT2D eigenvalue weighted by Gasteiger charge is 2.30. The highest BCUT2D eigenvalue weighted by atomic mass is 32.2. The second-order valence-corrected chi connectivity index (χ2v) is 11.2. The molecule has 9 heteroatoms. The number of anilines is 2. The zero-order valence-electron chi connectivity index (χ0n) is 19.7. The van der Waals surface area contributed by atoms with Crippen LogP contribution in [0.4, 0.5) is 15.8 Å². The highest BCUT2D eigenvalue weighted by molar-refractivity contribution is 7.89. The lowest BCUT2D eigenvalue weighted by molar-refractivity contribution is -0.122. The van der Waals surface area contributed by atoms with Gasteiger partial charge in [0.25, 0.3) is 0 Å². The summed E-state index contributed by atoms with van der Waals surface area (Å²) in [6, 6.07) is 10.5. The normalized spacial score (nSPS) is 18.6. The van der Waals surface area contributed by atoms with Crippen molar-refractivity contribution in [2.45, 2.75) is 49.6 Å². The molecular formula is C25H32FN3O4S. The van der Waals surface area contributed by atoms with Crippen LogP contribution in [0.5, 0.6) is 0 Å². The number of nitrogens with one attached hydrogen (secondary N) is 1. The summed E-state index contributed by atoms with van der Waals surface area (Å²) in [5.41, 5.74) is 2.27. The Morgan fingerprint density at radius 2 is 1.82 bits per heavy atom. The number of ether oxygens (including phenoxy) is 1. The average Bonchev–Trinajstić information content (AvgIpc) is 3.25. The summed E-state index contributed by atoms with van der Waals surface area (Å²) in [6.07, 6.45) is 4.36. The maximum Gasteiger partial charge on any atom is 0.243 e. The first-order chi connectivity index (χ1) is 16.2. The molecule has 1 amide bonds. The molecule has 4 rings (SSSR count). The van der Waals surface area contributed by atoms with Crippen LogP contribution in [0.15, 0.2) is 47.4 Å². The van der Waals surface area contributed by atoms with Crippen LogP contribution >= 0.6 is 0 Å². The summed E-state index contributed by atoms with van der Waals surface area (Å²) in [7, 11) is -0.123. The molecule has 1 saturated carbocycles. The van der Waals surface area contributed by atoms with E-state index in [1.54, 1.807) is 0 Å². The molecule has 1 heterocycles. The standard InChI is InChI=1S/C25H32FN3O4S/c1-28(2)24-13-10-21(27-25(30)18-5-3-6-18)15-19(24)16-29(17-22-7-4-14-33-22)34(31,32)23-11-8-20(26)9-12-23/h8-13,15,18,22H,3-7,14,16-17H2,1-2H3,(H,27,30)/t22-/m1/s1. The van der Waals surface area contributed by atoms with Gasteiger partial charge in [-0.2, -0.15) is 4.31 Å². The van der Waals surface area contributed by atoms with Crippen molar-refractivity contribution < 1.29 is 22.3 Å². The number of carbonyl (C=O) groups excluding carboxylic acids is 1. The van der Waals surface area contributed by atoms with Crippen molar-refractivity contribution in [1.82, 2.24) is 4.31 Å². The Bertz CT molecular complexity index is 1110. The Kier molecular flexibility index (Phi) is 7.54. The maximum atomic E-state index is 13.6. The zero-order chi connectivity index (χ0) is 24.3. The molecule has 2 aliphatic rings. The molecule has 1 aliphatic carbocycles. The molecule has 0 unspecified atom stereocenters. The lowest BCUT2D eigenvalue weighted by atomic mass is 9.85. The number of hydrogen-bond acceptors (Lipinski definition) is 5. The molecule has 1 N–H and O–H groups in total. The van der Waals surface area contributed by atoms with Gasteiger partial charge in [0, 0.05) is 51.1 Å². The molecule has 1 atom stereocenters. The second kappa shape index (κ2) is 10.4. The molecule has 1 aliphatic heterocycles. The summed E-state index contributed by atoms with van der Waals surface area (Å²) in [5, 5.41) is 2.98. The summed E-state index contributed by atoms with van der Waals surface area (Å²) < 4.78 is 47.8. The molecule has 2 aromatic rings. The first kappa shape index (κ1) is 24.6. The zero-order valence-corrected chi connectivity index (χ0v) is 20.5. The van der Waals surface area contributed by atoms with Crippen LogP contribution in [0, 0.1) is 11.7 Å². The predicted molar refractivity (Wildman–Crippen MR) is 130 cm³/mol. The van der Waals surface area contributed by atoms with E-state index < -0.39 is 15.8 Å². The molecule has 1 saturated heterocycles. The van der Waals surface area contributed by atoms with Crippen LogP contribution in [0.2, 0.25) is 0 Å². The minimum atomic E-state index is -3.91. The minimum absolute atomic E-state index is 0.00458. The molecule has 34 heavy (non-hydrogen) atoms. The van der Waals surface area contributed by atoms with Crippen LogP contribution in [-0.4, -0.2) is 52.0 Å². The van der Waals surface area contributed by atoms with Crippen molar-refractivity contribution in [3.05, 3.63) is 53.8 Å². The third-order valence-corrected chi connectivity index (χ3v) is 8.36. The van der Waals surface area contributed by atoms with Gasteiger partial charge < -0.3 is 15.0 Å². The number of rotatable bonds is 9. The van der Waals surface area contributed by atoms with Gasteiger partial charge in [-0.25, -0.2) is 12.8 Å². The van der Waals surface area contributed by atoms with E-state index in [9.17, 15) is 17.6 Å². The van der Waals surface area contributed by atoms with Crippen molar-refractivity contribution in [2.75, 3.05) is 37.5 Å². The second-order valence-electron chi connectivity index (χ2n) is 9.24. The Balaban J connectivity index is 1.65. The van der Waals surface area contributed by atoms with Crippen molar-refractivity contribution in [3.63, 3.8) is 0 Å². The van der Waals surface area contributed by atoms with E-state index in [0.717, 1.165) is 55.5 Å². The summed E-state index contributed by atoms with van der Waals surface area (Å²) in [4.78, 5) is 14.4. The van der Waals surface area contributed by atoms with Crippen molar-refractivity contribution >= 4 is 27.3 Å². The molecule has 2 fully saturated rings. The van der Waals surface area contributed by atoms with Gasteiger partial charge in [-0.15, -0.1) is 0 Å². The topological polar surface area (TPSA) is 79.0 Å². The highest BCUT2D eigenvalue weighted by Crippen LogP contribution is 2.31. The van der Waals surface area contributed by atoms with E-state index in [2.05, 4.69) is 5.32 Å². The fraction of sp³-hybridized carbons (Fsp3) is 0.480. The van der Waals surface area contributed by atoms with Crippen LogP contribution in [0.25, 0.3) is 0 Å². The lowest BCUT2D eigenvalue weighted by Crippen LogP contribution is -2.37. The van der Waals surface area contributed by atoms with Crippen molar-refractivity contribution in [2.24, 2.45) is 5.92 Å². The number of halogens is 1. The number of nitrogens with zero attached hydrogens (tertiary/aromatic N) is 2. The lowest BCUT2D eigenvalue weighted by Gasteiger charge is -2.28. The summed E-state index contributed by atoms with van der Waals surface area (Å²) in [6.45, 7) is 0.909. The predicted octanol–water partition coefficient (Wildman–Crippen LogP) is 4.00. The van der Waals surface area contributed by atoms with Gasteiger partial charge in [0.05, 0.1) is 11.0 Å². The van der Waals surface area contributed by atoms with Gasteiger partial charge in [-0.3, -0.25) is 4.79 Å². The monoisotopic (exact) mass is 489 g/mol. The van der Waals surface area contributed by atoms with E-state index in [1.807, 2.05) is 37.2 Å². The van der Waals surface area contributed by atoms with Crippen LogP contribution in [0.3, 0.4) is 0 Å². The molecule has 0 aromatic heterocycles. The Hall–Kier alpha value is -2.49. The van der Waals surface area contributed by atoms with E-state index in [4.69, 9.17) is 4.74 Å². The molecular weight excluding hydrogens is 457 g/mol. The maximum absolute atomic E-state index is 13.6. The fourth-order valence-electron chi connectivity index (χ4n) is 4.35. The molecule has 7 nitrogen and oxygen atoms in total. The smallest absolute Gasteiger partial charge is 0.243 e. The minimum Gasteiger partial charge on any atom is -0.377 e. The van der Waals surface area contributed by atoms with Gasteiger partial charge >= 0.3 is 0 Å². The van der Waals surface area contributed by atoms with Gasteiger partial charge in [-0.05, 0) is 73.7 Å². The Morgan fingerprint density at radius 3 is 2.41 bits per heavy atom. The third-order valence-electron chi connectivity index (χ3n) is 6.53. The van der Waals surface area contributed by atoms with Gasteiger partial charge in [0.2, 0.25) is 15.9 Å².